The Morgan fingerprint density at radius 3 is 1.94 bits per heavy atom. The molecule has 5 N–H and O–H groups in total. The van der Waals surface area contributed by atoms with Gasteiger partial charge >= 0.3 is 6.03 Å². The predicted octanol–water partition coefficient (Wildman–Crippen LogP) is 3.75. The minimum Gasteiger partial charge on any atom is -0.363 e. The molecule has 0 bridgehead atoms. The van der Waals surface area contributed by atoms with Crippen LogP contribution >= 0.6 is 0 Å². The normalized spacial score (nSPS) is 25.2. The molecular weight excluding hydrogens is 646 g/mol. The number of nitrogens with two attached hydrogens (primary N) is 1. The molecule has 0 radical (unpaired) electrons. The van der Waals surface area contributed by atoms with E-state index >= 15 is 0 Å². The van der Waals surface area contributed by atoms with Gasteiger partial charge in [0.25, 0.3) is 5.91 Å². The number of primary amides is 1. The third kappa shape index (κ3) is 9.16. The number of sulfone groups is 1. The number of hydrogen-bond donors (Lipinski definition) is 4. The first-order chi connectivity index (χ1) is 22.6. The SMILES string of the molecule is CC1(C2CCN(C(=O)[C@@H](NC(=O)NC3(CS(=O)(=O)C(C)(C)C)CCCCC3)C(C)(C)C)C2C(=O)NC(CC2CC2)C(=O)C(N)=O)CCCC1. The molecule has 1 saturated heterocycles. The summed E-state index contributed by atoms with van der Waals surface area (Å²) in [6.45, 7) is 13.0. The van der Waals surface area contributed by atoms with Gasteiger partial charge in [-0.3, -0.25) is 19.2 Å². The molecule has 4 aliphatic rings. The summed E-state index contributed by atoms with van der Waals surface area (Å²) in [6.07, 6.45) is 10.2. The molecule has 0 aromatic carbocycles. The maximum atomic E-state index is 14.6. The minimum atomic E-state index is -3.57. The van der Waals surface area contributed by atoms with Gasteiger partial charge in [0.05, 0.1) is 22.1 Å². The van der Waals surface area contributed by atoms with E-state index in [1.54, 1.807) is 25.7 Å². The lowest BCUT2D eigenvalue weighted by molar-refractivity contribution is -0.145. The van der Waals surface area contributed by atoms with Crippen LogP contribution in [0, 0.1) is 22.7 Å². The lowest BCUT2D eigenvalue weighted by Crippen LogP contribution is -2.64. The maximum absolute atomic E-state index is 14.6. The van der Waals surface area contributed by atoms with Gasteiger partial charge in [-0.15, -0.1) is 0 Å². The van der Waals surface area contributed by atoms with Crippen molar-refractivity contribution < 1.29 is 32.4 Å². The summed E-state index contributed by atoms with van der Waals surface area (Å²) < 4.78 is 25.7. The summed E-state index contributed by atoms with van der Waals surface area (Å²) >= 11 is 0. The number of likely N-dealkylation sites (tertiary alicyclic amines) is 1. The molecule has 49 heavy (non-hydrogen) atoms. The van der Waals surface area contributed by atoms with Gasteiger partial charge in [-0.2, -0.15) is 0 Å². The third-order valence-corrected chi connectivity index (χ3v) is 14.5. The molecule has 4 fully saturated rings. The largest absolute Gasteiger partial charge is 0.363 e. The fraction of sp³-hybridized carbons (Fsp3) is 0.861. The van der Waals surface area contributed by atoms with Crippen molar-refractivity contribution in [3.8, 4) is 0 Å². The van der Waals surface area contributed by atoms with E-state index in [2.05, 4.69) is 22.9 Å². The molecule has 3 unspecified atom stereocenters. The number of urea groups is 1. The van der Waals surface area contributed by atoms with Crippen LogP contribution in [0.4, 0.5) is 4.79 Å². The lowest BCUT2D eigenvalue weighted by Gasteiger charge is -2.41. The smallest absolute Gasteiger partial charge is 0.315 e. The zero-order valence-corrected chi connectivity index (χ0v) is 31.6. The fourth-order valence-corrected chi connectivity index (χ4v) is 9.85. The molecule has 3 aliphatic carbocycles. The number of nitrogens with zero attached hydrogens (tertiary/aromatic N) is 1. The van der Waals surface area contributed by atoms with Gasteiger partial charge < -0.3 is 26.6 Å². The second-order valence-corrected chi connectivity index (χ2v) is 20.6. The highest BCUT2D eigenvalue weighted by Gasteiger charge is 2.53. The quantitative estimate of drug-likeness (QED) is 0.223. The predicted molar refractivity (Wildman–Crippen MR) is 188 cm³/mol. The number of hydrogen-bond acceptors (Lipinski definition) is 7. The average Bonchev–Trinajstić information content (AvgIpc) is 3.49. The number of ketones is 1. The van der Waals surface area contributed by atoms with Crippen molar-refractivity contribution >= 4 is 39.4 Å². The van der Waals surface area contributed by atoms with Gasteiger partial charge in [0, 0.05) is 6.54 Å². The van der Waals surface area contributed by atoms with E-state index in [1.807, 2.05) is 20.8 Å². The van der Waals surface area contributed by atoms with Crippen LogP contribution in [0.3, 0.4) is 0 Å². The van der Waals surface area contributed by atoms with Crippen LogP contribution in [0.1, 0.15) is 132 Å². The summed E-state index contributed by atoms with van der Waals surface area (Å²) in [5, 5.41) is 8.76. The van der Waals surface area contributed by atoms with Crippen LogP contribution < -0.4 is 21.7 Å². The van der Waals surface area contributed by atoms with Gasteiger partial charge in [-0.25, -0.2) is 13.2 Å². The number of nitrogens with one attached hydrogen (secondary N) is 3. The number of rotatable bonds is 12. The van der Waals surface area contributed by atoms with E-state index in [0.29, 0.717) is 32.2 Å². The van der Waals surface area contributed by atoms with E-state index in [4.69, 9.17) is 5.73 Å². The van der Waals surface area contributed by atoms with Crippen molar-refractivity contribution in [3.05, 3.63) is 0 Å². The molecule has 13 heteroatoms. The Kier molecular flexibility index (Phi) is 11.6. The van der Waals surface area contributed by atoms with E-state index in [0.717, 1.165) is 57.8 Å². The lowest BCUT2D eigenvalue weighted by atomic mass is 9.71. The summed E-state index contributed by atoms with van der Waals surface area (Å²) in [7, 11) is -3.57. The first-order valence-corrected chi connectivity index (χ1v) is 20.0. The summed E-state index contributed by atoms with van der Waals surface area (Å²) in [6, 6.07) is -3.59. The molecule has 4 rings (SSSR count). The zero-order chi connectivity index (χ0) is 36.6. The Hall–Kier alpha value is -2.70. The van der Waals surface area contributed by atoms with Crippen LogP contribution in [0.5, 0.6) is 0 Å². The Morgan fingerprint density at radius 1 is 0.857 bits per heavy atom. The van der Waals surface area contributed by atoms with Crippen LogP contribution in [-0.2, 0) is 29.0 Å². The van der Waals surface area contributed by atoms with E-state index in [1.165, 1.54) is 0 Å². The topological polar surface area (TPSA) is 185 Å². The van der Waals surface area contributed by atoms with Crippen LogP contribution in [-0.4, -0.2) is 83.6 Å². The molecule has 12 nitrogen and oxygen atoms in total. The highest BCUT2D eigenvalue weighted by molar-refractivity contribution is 7.92. The standard InChI is InChI=1S/C36H61N5O7S/c1-33(2,3)28(39-32(46)40-36(18-9-8-10-19-36)22-49(47,48)34(4,5)6)31(45)41-20-15-24(35(7)16-11-12-17-35)26(41)30(44)38-25(21-23-13-14-23)27(42)29(37)43/h23-26,28H,8-22H2,1-7H3,(H2,37,43)(H,38,44)(H2,39,40,46)/t24?,25?,26?,28-/m1/s1. The maximum Gasteiger partial charge on any atom is 0.315 e. The zero-order valence-electron chi connectivity index (χ0n) is 30.8. The minimum absolute atomic E-state index is 0.174. The van der Waals surface area contributed by atoms with E-state index in [9.17, 15) is 32.4 Å². The molecular formula is C36H61N5O7S. The summed E-state index contributed by atoms with van der Waals surface area (Å²) in [5.41, 5.74) is 3.46. The Bertz CT molecular complexity index is 1380. The van der Waals surface area contributed by atoms with Gasteiger partial charge in [-0.05, 0) is 82.0 Å². The van der Waals surface area contributed by atoms with Crippen molar-refractivity contribution in [2.75, 3.05) is 12.3 Å². The second kappa shape index (κ2) is 14.5. The molecule has 0 spiro atoms. The van der Waals surface area contributed by atoms with E-state index in [-0.39, 0.29) is 23.0 Å². The number of amides is 5. The molecule has 0 aromatic heterocycles. The highest BCUT2D eigenvalue weighted by atomic mass is 32.2. The van der Waals surface area contributed by atoms with Gasteiger partial charge in [0.2, 0.25) is 17.6 Å². The van der Waals surface area contributed by atoms with Gasteiger partial charge in [0.15, 0.2) is 9.84 Å². The fourth-order valence-electron chi connectivity index (χ4n) is 8.33. The van der Waals surface area contributed by atoms with Crippen molar-refractivity contribution in [2.24, 2.45) is 28.4 Å². The number of carbonyl (C=O) groups excluding carboxylic acids is 5. The van der Waals surface area contributed by atoms with Crippen LogP contribution in [0.15, 0.2) is 0 Å². The first-order valence-electron chi connectivity index (χ1n) is 18.3. The average molecular weight is 708 g/mol. The highest BCUT2D eigenvalue weighted by Crippen LogP contribution is 2.50. The Morgan fingerprint density at radius 2 is 1.43 bits per heavy atom. The molecule has 1 heterocycles. The molecule has 3 saturated carbocycles. The Labute approximate surface area is 293 Å². The molecule has 278 valence electrons. The van der Waals surface area contributed by atoms with Crippen molar-refractivity contribution in [3.63, 3.8) is 0 Å². The third-order valence-electron chi connectivity index (χ3n) is 11.7. The van der Waals surface area contributed by atoms with Crippen molar-refractivity contribution in [1.29, 1.82) is 0 Å². The molecule has 5 amide bonds. The monoisotopic (exact) mass is 707 g/mol. The first kappa shape index (κ1) is 39.1. The van der Waals surface area contributed by atoms with Crippen molar-refractivity contribution in [1.82, 2.24) is 20.9 Å². The van der Waals surface area contributed by atoms with E-state index < -0.39 is 73.2 Å². The molecule has 1 aliphatic heterocycles. The second-order valence-electron chi connectivity index (χ2n) is 17.8. The summed E-state index contributed by atoms with van der Waals surface area (Å²) in [4.78, 5) is 69.0. The van der Waals surface area contributed by atoms with Crippen LogP contribution in [0.25, 0.3) is 0 Å². The number of Topliss-reactive ketones (excluding diaryl/α,β-unsaturated/α-hetero) is 1. The van der Waals surface area contributed by atoms with Gasteiger partial charge in [-0.1, -0.05) is 72.6 Å². The van der Waals surface area contributed by atoms with Crippen molar-refractivity contribution in [2.45, 2.75) is 160 Å². The molecule has 4 atom stereocenters. The number of carbonyl (C=O) groups is 5. The summed E-state index contributed by atoms with van der Waals surface area (Å²) in [5.74, 6) is -2.95. The van der Waals surface area contributed by atoms with Crippen LogP contribution in [0.2, 0.25) is 0 Å². The Balaban J connectivity index is 1.60. The molecule has 0 aromatic rings. The van der Waals surface area contributed by atoms with Gasteiger partial charge in [0.1, 0.15) is 12.1 Å².